The topological polar surface area (TPSA) is 109 Å². The van der Waals surface area contributed by atoms with Gasteiger partial charge in [-0.2, -0.15) is 0 Å². The molecule has 1 unspecified atom stereocenters. The van der Waals surface area contributed by atoms with Crippen LogP contribution < -0.4 is 21.3 Å². The molecule has 1 aliphatic carbocycles. The number of fused-ring (bicyclic) bond motifs is 3. The van der Waals surface area contributed by atoms with Crippen LogP contribution in [0.2, 0.25) is 5.02 Å². The third-order valence-electron chi connectivity index (χ3n) is 14.6. The largest absolute Gasteiger partial charge is 0.449 e. The van der Waals surface area contributed by atoms with E-state index in [1.807, 2.05) is 176 Å². The zero-order chi connectivity index (χ0) is 52.3. The molecule has 378 valence electrons. The summed E-state index contributed by atoms with van der Waals surface area (Å²) in [7, 11) is 0. The predicted octanol–water partition coefficient (Wildman–Crippen LogP) is 13.1. The molecule has 0 radical (unpaired) electrons. The minimum Gasteiger partial charge on any atom is -0.449 e. The van der Waals surface area contributed by atoms with Gasteiger partial charge in [-0.25, -0.2) is 4.79 Å². The minimum absolute atomic E-state index is 0.00348. The van der Waals surface area contributed by atoms with Gasteiger partial charge >= 0.3 is 6.09 Å². The standard InChI is InChI=1S/C67H59ClN4O4/c1-47-34-40-54(41-35-47)67(53-26-12-5-13-27-53,60-32-18-19-33-61(60)68)70-45-49-38-36-48(37-39-49)44-69-64(74)62(71-65(75)76-46-59-57-30-16-14-28-55(57)56-29-15-17-31-58(56)59)42-43-63(73)72-66(50-20-6-2-7-21-50,51-22-8-3-9-23-51)52-24-10-4-11-25-52/h2-41,59,62,70H,42-46H2,1H3,(H,69,74)(H,71,75)(H,72,73)/t62-,67?/m0/s1. The number of rotatable bonds is 19. The maximum Gasteiger partial charge on any atom is 0.407 e. The normalized spacial score (nSPS) is 13.1. The summed E-state index contributed by atoms with van der Waals surface area (Å²) in [4.78, 5) is 42.8. The fourth-order valence-corrected chi connectivity index (χ4v) is 11.0. The molecule has 8 nitrogen and oxygen atoms in total. The zero-order valence-corrected chi connectivity index (χ0v) is 43.1. The first kappa shape index (κ1) is 50.9. The molecule has 2 atom stereocenters. The van der Waals surface area contributed by atoms with E-state index in [9.17, 15) is 14.4 Å². The van der Waals surface area contributed by atoms with Crippen LogP contribution in [-0.2, 0) is 38.5 Å². The second kappa shape index (κ2) is 23.3. The highest BCUT2D eigenvalue weighted by atomic mass is 35.5. The Morgan fingerprint density at radius 1 is 0.513 bits per heavy atom. The van der Waals surface area contributed by atoms with Crippen LogP contribution in [0.4, 0.5) is 4.79 Å². The molecule has 76 heavy (non-hydrogen) atoms. The highest BCUT2D eigenvalue weighted by Gasteiger charge is 2.40. The van der Waals surface area contributed by atoms with Gasteiger partial charge in [0.2, 0.25) is 11.8 Å². The Labute approximate surface area is 450 Å². The number of hydrogen-bond acceptors (Lipinski definition) is 5. The van der Waals surface area contributed by atoms with Gasteiger partial charge in [-0.3, -0.25) is 14.9 Å². The first-order valence-corrected chi connectivity index (χ1v) is 26.2. The van der Waals surface area contributed by atoms with Crippen LogP contribution in [-0.4, -0.2) is 30.6 Å². The molecule has 3 amide bonds. The molecular weight excluding hydrogens is 960 g/mol. The highest BCUT2D eigenvalue weighted by molar-refractivity contribution is 6.31. The summed E-state index contributed by atoms with van der Waals surface area (Å²) in [5.74, 6) is -0.927. The lowest BCUT2D eigenvalue weighted by Crippen LogP contribution is -2.50. The fourth-order valence-electron chi connectivity index (χ4n) is 10.7. The van der Waals surface area contributed by atoms with Gasteiger partial charge in [0.1, 0.15) is 18.2 Å². The number of ether oxygens (including phenoxy) is 1. The molecule has 9 aromatic carbocycles. The summed E-state index contributed by atoms with van der Waals surface area (Å²) in [6.07, 6.45) is -0.837. The molecule has 9 heteroatoms. The smallest absolute Gasteiger partial charge is 0.407 e. The summed E-state index contributed by atoms with van der Waals surface area (Å²) in [6.45, 7) is 2.82. The van der Waals surface area contributed by atoms with Crippen LogP contribution in [0.25, 0.3) is 11.1 Å². The number of benzene rings is 9. The van der Waals surface area contributed by atoms with Crippen LogP contribution in [0, 0.1) is 6.92 Å². The molecule has 0 fully saturated rings. The second-order valence-corrected chi connectivity index (χ2v) is 19.7. The maximum absolute atomic E-state index is 14.5. The first-order chi connectivity index (χ1) is 37.2. The molecule has 0 spiro atoms. The third-order valence-corrected chi connectivity index (χ3v) is 14.9. The number of amides is 3. The lowest BCUT2D eigenvalue weighted by Gasteiger charge is -2.38. The van der Waals surface area contributed by atoms with E-state index in [0.29, 0.717) is 11.6 Å². The summed E-state index contributed by atoms with van der Waals surface area (Å²) in [5, 5.41) is 13.9. The van der Waals surface area contributed by atoms with Crippen molar-refractivity contribution in [1.29, 1.82) is 0 Å². The van der Waals surface area contributed by atoms with Crippen molar-refractivity contribution in [2.24, 2.45) is 0 Å². The molecule has 0 aromatic heterocycles. The van der Waals surface area contributed by atoms with Crippen molar-refractivity contribution in [3.05, 3.63) is 309 Å². The Hall–Kier alpha value is -8.56. The highest BCUT2D eigenvalue weighted by Crippen LogP contribution is 2.45. The first-order valence-electron chi connectivity index (χ1n) is 25.8. The molecular formula is C67H59ClN4O4. The summed E-state index contributed by atoms with van der Waals surface area (Å²) in [6, 6.07) is 79.6. The Balaban J connectivity index is 0.872. The number of carbonyl (C=O) groups is 3. The Bertz CT molecular complexity index is 3270. The van der Waals surface area contributed by atoms with Crippen molar-refractivity contribution in [2.45, 2.75) is 55.9 Å². The van der Waals surface area contributed by atoms with Crippen molar-refractivity contribution in [1.82, 2.24) is 21.3 Å². The number of halogens is 1. The number of nitrogens with one attached hydrogen (secondary N) is 4. The number of alkyl carbamates (subject to hydrolysis) is 1. The van der Waals surface area contributed by atoms with Gasteiger partial charge in [0.05, 0.1) is 5.54 Å². The monoisotopic (exact) mass is 1020 g/mol. The van der Waals surface area contributed by atoms with E-state index in [0.717, 1.165) is 72.3 Å². The number of aryl methyl sites for hydroxylation is 1. The molecule has 0 bridgehead atoms. The van der Waals surface area contributed by atoms with Crippen LogP contribution in [0.5, 0.6) is 0 Å². The van der Waals surface area contributed by atoms with E-state index in [2.05, 4.69) is 94.9 Å². The number of hydrogen-bond donors (Lipinski definition) is 4. The van der Waals surface area contributed by atoms with Crippen molar-refractivity contribution >= 4 is 29.5 Å². The van der Waals surface area contributed by atoms with Crippen LogP contribution in [0.3, 0.4) is 0 Å². The zero-order valence-electron chi connectivity index (χ0n) is 42.3. The summed E-state index contributed by atoms with van der Waals surface area (Å²) in [5.41, 5.74) is 11.2. The van der Waals surface area contributed by atoms with E-state index in [-0.39, 0.29) is 37.8 Å². The number of carbonyl (C=O) groups excluding carboxylic acids is 3. The molecule has 4 N–H and O–H groups in total. The van der Waals surface area contributed by atoms with E-state index < -0.39 is 29.1 Å². The van der Waals surface area contributed by atoms with Gasteiger partial charge in [-0.15, -0.1) is 0 Å². The van der Waals surface area contributed by atoms with Gasteiger partial charge in [-0.1, -0.05) is 254 Å². The molecule has 0 saturated heterocycles. The molecule has 0 aliphatic heterocycles. The van der Waals surface area contributed by atoms with Gasteiger partial charge < -0.3 is 20.7 Å². The van der Waals surface area contributed by atoms with Crippen molar-refractivity contribution < 1.29 is 19.1 Å². The summed E-state index contributed by atoms with van der Waals surface area (Å²) < 4.78 is 5.96. The van der Waals surface area contributed by atoms with Gasteiger partial charge in [0, 0.05) is 30.5 Å². The van der Waals surface area contributed by atoms with Gasteiger partial charge in [0.15, 0.2) is 0 Å². The quantitative estimate of drug-likeness (QED) is 0.0604. The fraction of sp³-hybridized carbons (Fsp3) is 0.149. The molecule has 0 heterocycles. The molecule has 0 saturated carbocycles. The van der Waals surface area contributed by atoms with E-state index in [4.69, 9.17) is 16.3 Å². The third kappa shape index (κ3) is 10.8. The SMILES string of the molecule is Cc1ccc(C(NCc2ccc(CNC(=O)[C@H](CCC(=O)NC(c3ccccc3)(c3ccccc3)c3ccccc3)NC(=O)OCC3c4ccccc4-c4ccccc43)cc2)(c2ccccc2)c2ccccc2Cl)cc1. The van der Waals surface area contributed by atoms with E-state index in [1.54, 1.807) is 0 Å². The van der Waals surface area contributed by atoms with Crippen LogP contribution in [0.1, 0.15) is 80.0 Å². The second-order valence-electron chi connectivity index (χ2n) is 19.3. The average molecular weight is 1020 g/mol. The predicted molar refractivity (Wildman–Crippen MR) is 303 cm³/mol. The Morgan fingerprint density at radius 2 is 0.961 bits per heavy atom. The van der Waals surface area contributed by atoms with E-state index in [1.165, 1.54) is 0 Å². The maximum atomic E-state index is 14.5. The minimum atomic E-state index is -1.11. The molecule has 10 rings (SSSR count). The van der Waals surface area contributed by atoms with Crippen molar-refractivity contribution in [3.63, 3.8) is 0 Å². The van der Waals surface area contributed by atoms with Crippen LogP contribution >= 0.6 is 11.6 Å². The van der Waals surface area contributed by atoms with E-state index >= 15 is 0 Å². The van der Waals surface area contributed by atoms with Crippen LogP contribution in [0.15, 0.2) is 243 Å². The van der Waals surface area contributed by atoms with Gasteiger partial charge in [0.25, 0.3) is 0 Å². The lowest BCUT2D eigenvalue weighted by molar-refractivity contribution is -0.124. The van der Waals surface area contributed by atoms with Crippen molar-refractivity contribution in [3.8, 4) is 11.1 Å². The lowest BCUT2D eigenvalue weighted by atomic mass is 9.76. The Kier molecular flexibility index (Phi) is 15.6. The van der Waals surface area contributed by atoms with Gasteiger partial charge in [-0.05, 0) is 86.2 Å². The average Bonchev–Trinajstić information content (AvgIpc) is 3.89. The van der Waals surface area contributed by atoms with Crippen molar-refractivity contribution in [2.75, 3.05) is 6.61 Å². The molecule has 1 aliphatic rings. The Morgan fingerprint density at radius 3 is 1.49 bits per heavy atom. The molecule has 9 aromatic rings. The summed E-state index contributed by atoms with van der Waals surface area (Å²) >= 11 is 7.03.